The quantitative estimate of drug-likeness (QED) is 0.0588. The maximum Gasteiger partial charge on any atom is 0.325 e. The Labute approximate surface area is 353 Å². The standard InChI is InChI=1S/C39H58N10O12/c1-5-10-25(32(53)43-22(3)37(58)49-18-9-14-29(49)38(59)48-17-8-13-28(48)35(56)44-23(4)39(60)61)46-33(54)26(20-50)45-30(51)19-41-34(55)27-12-7-16-47(27)36(57)21(2)42-31(52)24-11-6-15-40-24/h1,21-29,40,50H,6-20H2,2-4H3,(H,41,55)(H,42,52)(H,43,53)(H,44,56)(H,45,51)(H,46,54)(H,60,61)/t21-,22-,23-,24-,25-,26-,27-,28-,29-/m0/s1. The van der Waals surface area contributed by atoms with Gasteiger partial charge in [-0.2, -0.15) is 0 Å². The molecule has 0 saturated carbocycles. The van der Waals surface area contributed by atoms with Gasteiger partial charge in [0.25, 0.3) is 0 Å². The van der Waals surface area contributed by atoms with Gasteiger partial charge in [-0.3, -0.25) is 47.9 Å². The topological polar surface area (TPSA) is 305 Å². The van der Waals surface area contributed by atoms with Gasteiger partial charge in [-0.1, -0.05) is 0 Å². The van der Waals surface area contributed by atoms with Crippen LogP contribution in [-0.2, 0) is 47.9 Å². The van der Waals surface area contributed by atoms with Crippen LogP contribution in [0.2, 0.25) is 0 Å². The number of amides is 9. The van der Waals surface area contributed by atoms with Crippen molar-refractivity contribution in [2.45, 2.75) is 133 Å². The van der Waals surface area contributed by atoms with E-state index in [4.69, 9.17) is 6.42 Å². The molecule has 0 radical (unpaired) electrons. The molecule has 0 aromatic carbocycles. The van der Waals surface area contributed by atoms with Crippen molar-refractivity contribution in [2.24, 2.45) is 0 Å². The summed E-state index contributed by atoms with van der Waals surface area (Å²) in [5.74, 6) is -4.78. The normalized spacial score (nSPS) is 23.4. The lowest BCUT2D eigenvalue weighted by molar-refractivity contribution is -0.148. The van der Waals surface area contributed by atoms with E-state index in [9.17, 15) is 58.2 Å². The van der Waals surface area contributed by atoms with Crippen LogP contribution in [0.15, 0.2) is 0 Å². The first-order valence-electron chi connectivity index (χ1n) is 20.7. The van der Waals surface area contributed by atoms with Crippen LogP contribution in [0.4, 0.5) is 0 Å². The third-order valence-electron chi connectivity index (χ3n) is 11.3. The van der Waals surface area contributed by atoms with Crippen molar-refractivity contribution in [1.29, 1.82) is 0 Å². The summed E-state index contributed by atoms with van der Waals surface area (Å²) in [5, 5.41) is 36.8. The molecule has 9 amide bonds. The minimum atomic E-state index is -1.58. The Morgan fingerprint density at radius 1 is 0.656 bits per heavy atom. The van der Waals surface area contributed by atoms with Crippen LogP contribution >= 0.6 is 0 Å². The molecule has 0 aromatic rings. The lowest BCUT2D eigenvalue weighted by atomic mass is 10.1. The maximum absolute atomic E-state index is 13.7. The van der Waals surface area contributed by atoms with Gasteiger partial charge in [0, 0.05) is 26.1 Å². The molecule has 0 spiro atoms. The molecular formula is C39H58N10O12. The first-order valence-corrected chi connectivity index (χ1v) is 20.7. The molecular weight excluding hydrogens is 800 g/mol. The molecule has 4 saturated heterocycles. The summed E-state index contributed by atoms with van der Waals surface area (Å²) in [5.41, 5.74) is 0. The second kappa shape index (κ2) is 22.1. The number of aliphatic carboxylic acids is 1. The Morgan fingerprint density at radius 2 is 1.20 bits per heavy atom. The van der Waals surface area contributed by atoms with Crippen LogP contribution in [0, 0.1) is 12.3 Å². The smallest absolute Gasteiger partial charge is 0.325 e. The van der Waals surface area contributed by atoms with E-state index in [2.05, 4.69) is 43.1 Å². The predicted molar refractivity (Wildman–Crippen MR) is 213 cm³/mol. The Hall–Kier alpha value is -5.82. The summed E-state index contributed by atoms with van der Waals surface area (Å²) in [6.45, 7) is 4.10. The van der Waals surface area contributed by atoms with E-state index in [1.165, 1.54) is 35.5 Å². The molecule has 9 N–H and O–H groups in total. The number of carboxylic acid groups (broad SMARTS) is 1. The van der Waals surface area contributed by atoms with Crippen LogP contribution < -0.4 is 37.2 Å². The second-order valence-electron chi connectivity index (χ2n) is 15.7. The highest BCUT2D eigenvalue weighted by Gasteiger charge is 2.44. The fourth-order valence-electron chi connectivity index (χ4n) is 7.94. The fourth-order valence-corrected chi connectivity index (χ4v) is 7.94. The van der Waals surface area contributed by atoms with Crippen LogP contribution in [0.5, 0.6) is 0 Å². The zero-order valence-electron chi connectivity index (χ0n) is 34.7. The van der Waals surface area contributed by atoms with Crippen molar-refractivity contribution < 1.29 is 58.2 Å². The van der Waals surface area contributed by atoms with Gasteiger partial charge in [0.15, 0.2) is 0 Å². The van der Waals surface area contributed by atoms with E-state index in [1.54, 1.807) is 0 Å². The van der Waals surface area contributed by atoms with E-state index in [0.29, 0.717) is 51.5 Å². The molecule has 4 fully saturated rings. The van der Waals surface area contributed by atoms with E-state index in [0.717, 1.165) is 6.42 Å². The zero-order chi connectivity index (χ0) is 45.0. The SMILES string of the molecule is C#CC[C@H](NC(=O)[C@H](CO)NC(=O)CNC(=O)[C@@H]1CCCN1C(=O)[C@H](C)NC(=O)[C@@H]1CCCN1)C(=O)N[C@@H](C)C(=O)N1CCC[C@H]1C(=O)N1CCC[C@H]1C(=O)N[C@@H](C)C(=O)O. The molecule has 336 valence electrons. The van der Waals surface area contributed by atoms with Crippen LogP contribution in [0.3, 0.4) is 0 Å². The number of carbonyl (C=O) groups is 10. The van der Waals surface area contributed by atoms with Gasteiger partial charge < -0.3 is 62.1 Å². The van der Waals surface area contributed by atoms with Gasteiger partial charge >= 0.3 is 5.97 Å². The average molecular weight is 859 g/mol. The number of rotatable bonds is 18. The molecule has 4 aliphatic rings. The lowest BCUT2D eigenvalue weighted by Gasteiger charge is -2.32. The van der Waals surface area contributed by atoms with Crippen LogP contribution in [-0.4, -0.2) is 178 Å². The van der Waals surface area contributed by atoms with Crippen molar-refractivity contribution in [3.63, 3.8) is 0 Å². The van der Waals surface area contributed by atoms with Crippen molar-refractivity contribution in [2.75, 3.05) is 39.3 Å². The molecule has 22 heteroatoms. The highest BCUT2D eigenvalue weighted by molar-refractivity contribution is 5.98. The zero-order valence-corrected chi connectivity index (χ0v) is 34.7. The molecule has 4 aliphatic heterocycles. The van der Waals surface area contributed by atoms with E-state index >= 15 is 0 Å². The van der Waals surface area contributed by atoms with Gasteiger partial charge in [0.05, 0.1) is 19.2 Å². The van der Waals surface area contributed by atoms with E-state index in [-0.39, 0.29) is 38.0 Å². The monoisotopic (exact) mass is 858 g/mol. The number of nitrogens with one attached hydrogen (secondary N) is 7. The maximum atomic E-state index is 13.7. The van der Waals surface area contributed by atoms with Crippen molar-refractivity contribution in [1.82, 2.24) is 51.9 Å². The van der Waals surface area contributed by atoms with Gasteiger partial charge in [0.1, 0.15) is 48.3 Å². The van der Waals surface area contributed by atoms with Crippen LogP contribution in [0.1, 0.15) is 78.6 Å². The predicted octanol–water partition coefficient (Wildman–Crippen LogP) is -4.59. The summed E-state index contributed by atoms with van der Waals surface area (Å²) < 4.78 is 0. The molecule has 4 rings (SSSR count). The van der Waals surface area contributed by atoms with Gasteiger partial charge in [-0.05, 0) is 78.7 Å². The molecule has 0 bridgehead atoms. The lowest BCUT2D eigenvalue weighted by Crippen LogP contribution is -2.59. The Morgan fingerprint density at radius 3 is 1.77 bits per heavy atom. The largest absolute Gasteiger partial charge is 0.480 e. The highest BCUT2D eigenvalue weighted by atomic mass is 16.4. The van der Waals surface area contributed by atoms with Gasteiger partial charge in [-0.25, -0.2) is 0 Å². The summed E-state index contributed by atoms with van der Waals surface area (Å²) in [7, 11) is 0. The number of terminal acetylenes is 1. The van der Waals surface area contributed by atoms with Gasteiger partial charge in [0.2, 0.25) is 53.2 Å². The second-order valence-corrected chi connectivity index (χ2v) is 15.7. The van der Waals surface area contributed by atoms with Crippen molar-refractivity contribution in [3.8, 4) is 12.3 Å². The number of hydrogen-bond donors (Lipinski definition) is 9. The first-order chi connectivity index (χ1) is 29.0. The third-order valence-corrected chi connectivity index (χ3v) is 11.3. The number of nitrogens with zero attached hydrogens (tertiary/aromatic N) is 3. The number of carbonyl (C=O) groups excluding carboxylic acids is 9. The fraction of sp³-hybridized carbons (Fsp3) is 0.692. The molecule has 0 aliphatic carbocycles. The molecule has 9 atom stereocenters. The molecule has 61 heavy (non-hydrogen) atoms. The summed E-state index contributed by atoms with van der Waals surface area (Å²) in [4.78, 5) is 133. The minimum absolute atomic E-state index is 0.188. The first kappa shape index (κ1) is 47.9. The number of carboxylic acids is 1. The number of aliphatic hydroxyl groups excluding tert-OH is 1. The van der Waals surface area contributed by atoms with E-state index in [1.807, 2.05) is 0 Å². The van der Waals surface area contributed by atoms with Crippen molar-refractivity contribution in [3.05, 3.63) is 0 Å². The van der Waals surface area contributed by atoms with Crippen LogP contribution in [0.25, 0.3) is 0 Å². The Balaban J connectivity index is 1.27. The summed E-state index contributed by atoms with van der Waals surface area (Å²) in [6, 6.07) is -9.38. The summed E-state index contributed by atoms with van der Waals surface area (Å²) in [6.07, 6.45) is 9.04. The Kier molecular flexibility index (Phi) is 17.4. The molecule has 22 nitrogen and oxygen atoms in total. The number of likely N-dealkylation sites (tertiary alicyclic amines) is 3. The van der Waals surface area contributed by atoms with Gasteiger partial charge in [-0.15, -0.1) is 12.3 Å². The van der Waals surface area contributed by atoms with E-state index < -0.39 is 115 Å². The minimum Gasteiger partial charge on any atom is -0.480 e. The number of aliphatic hydroxyl groups is 1. The molecule has 0 aromatic heterocycles. The summed E-state index contributed by atoms with van der Waals surface area (Å²) >= 11 is 0. The number of hydrogen-bond acceptors (Lipinski definition) is 12. The molecule has 0 unspecified atom stereocenters. The third kappa shape index (κ3) is 12.4. The average Bonchev–Trinajstić information content (AvgIpc) is 4.08. The molecule has 4 heterocycles. The van der Waals surface area contributed by atoms with Crippen molar-refractivity contribution >= 4 is 59.1 Å². The highest BCUT2D eigenvalue weighted by Crippen LogP contribution is 2.26. The Bertz CT molecular complexity index is 1750.